The van der Waals surface area contributed by atoms with Crippen molar-refractivity contribution in [2.75, 3.05) is 0 Å². The van der Waals surface area contributed by atoms with Gasteiger partial charge in [-0.2, -0.15) is 0 Å². The molecule has 0 aromatic heterocycles. The van der Waals surface area contributed by atoms with Crippen molar-refractivity contribution in [2.45, 2.75) is 21.6 Å². The molecule has 0 saturated carbocycles. The summed E-state index contributed by atoms with van der Waals surface area (Å²) in [5.41, 5.74) is 1.44. The van der Waals surface area contributed by atoms with Crippen molar-refractivity contribution < 1.29 is 26.1 Å². The van der Waals surface area contributed by atoms with Gasteiger partial charge in [0.15, 0.2) is 0 Å². The maximum absolute atomic E-state index is 2.42. The van der Waals surface area contributed by atoms with Gasteiger partial charge >= 0.3 is 146 Å². The van der Waals surface area contributed by atoms with E-state index in [2.05, 4.69) is 85.8 Å². The van der Waals surface area contributed by atoms with Crippen LogP contribution in [0.4, 0.5) is 0 Å². The summed E-state index contributed by atoms with van der Waals surface area (Å²) in [4.78, 5) is 4.21. The first kappa shape index (κ1) is 14.9. The number of benzene rings is 3. The SMILES string of the molecule is Cc1ccc([S+](c2ccccc2)c2ccccc2)c[c]1[Hg]. The van der Waals surface area contributed by atoms with E-state index >= 15 is 0 Å². The average Bonchev–Trinajstić information content (AvgIpc) is 2.53. The fourth-order valence-corrected chi connectivity index (χ4v) is 6.32. The first-order valence-corrected chi connectivity index (χ1v) is 11.0. The van der Waals surface area contributed by atoms with Gasteiger partial charge in [0.25, 0.3) is 0 Å². The second-order valence-electron chi connectivity index (χ2n) is 5.02. The van der Waals surface area contributed by atoms with Crippen LogP contribution in [-0.4, -0.2) is 0 Å². The van der Waals surface area contributed by atoms with Gasteiger partial charge in [-0.15, -0.1) is 0 Å². The molecule has 0 aliphatic heterocycles. The molecule has 3 aromatic carbocycles. The van der Waals surface area contributed by atoms with Crippen molar-refractivity contribution in [1.82, 2.24) is 0 Å². The predicted molar refractivity (Wildman–Crippen MR) is 85.9 cm³/mol. The summed E-state index contributed by atoms with van der Waals surface area (Å²) in [6, 6.07) is 28.7. The summed E-state index contributed by atoms with van der Waals surface area (Å²) in [6.45, 7) is 2.22. The molecule has 0 saturated heterocycles. The Labute approximate surface area is 145 Å². The molecule has 0 fully saturated rings. The topological polar surface area (TPSA) is 0 Å². The molecule has 2 heteroatoms. The standard InChI is InChI=1S/C19H16S.Hg/c1-16-12-14-19(15-13-16)20(17-8-4-2-5-9-17)18-10-6-3-7-11-18;/h2-12,14-15H,1H3;/q+1;. The van der Waals surface area contributed by atoms with Gasteiger partial charge < -0.3 is 0 Å². The summed E-state index contributed by atoms with van der Waals surface area (Å²) in [5.74, 6) is 0. The molecule has 99 valence electrons. The van der Waals surface area contributed by atoms with Crippen LogP contribution in [0.3, 0.4) is 0 Å². The zero-order valence-electron chi connectivity index (χ0n) is 12.1. The molecule has 0 aliphatic carbocycles. The molecular weight excluding hydrogens is 461 g/mol. The Morgan fingerprint density at radius 2 is 1.19 bits per heavy atom. The number of rotatable bonds is 3. The van der Waals surface area contributed by atoms with E-state index in [-0.39, 0.29) is 10.9 Å². The van der Waals surface area contributed by atoms with Crippen LogP contribution in [0.5, 0.6) is 0 Å². The third-order valence-corrected chi connectivity index (χ3v) is 8.69. The van der Waals surface area contributed by atoms with E-state index in [1.165, 1.54) is 20.2 Å². The van der Waals surface area contributed by atoms with Crippen LogP contribution in [0.2, 0.25) is 0 Å². The van der Waals surface area contributed by atoms with Gasteiger partial charge in [0.2, 0.25) is 0 Å². The summed E-state index contributed by atoms with van der Waals surface area (Å²) in [7, 11) is -0.00207. The molecule has 3 aromatic rings. The summed E-state index contributed by atoms with van der Waals surface area (Å²) in [6.07, 6.45) is 0. The van der Waals surface area contributed by atoms with Gasteiger partial charge in [-0.05, 0) is 0 Å². The van der Waals surface area contributed by atoms with Gasteiger partial charge in [0.05, 0.1) is 0 Å². The van der Waals surface area contributed by atoms with Crippen molar-refractivity contribution in [3.63, 3.8) is 0 Å². The van der Waals surface area contributed by atoms with Crippen LogP contribution in [0.25, 0.3) is 0 Å². The molecule has 0 nitrogen and oxygen atoms in total. The minimum atomic E-state index is -0.00207. The Morgan fingerprint density at radius 1 is 0.667 bits per heavy atom. The third-order valence-electron chi connectivity index (χ3n) is 3.51. The molecule has 3 rings (SSSR count). The Bertz CT molecular complexity index is 684. The van der Waals surface area contributed by atoms with E-state index in [0.29, 0.717) is 26.1 Å². The monoisotopic (exact) mass is 478 g/mol. The van der Waals surface area contributed by atoms with Crippen LogP contribution < -0.4 is 3.07 Å². The number of aryl methyl sites for hydroxylation is 1. The first-order chi connectivity index (χ1) is 10.3. The minimum absolute atomic E-state index is 0.00207. The van der Waals surface area contributed by atoms with E-state index in [4.69, 9.17) is 0 Å². The quantitative estimate of drug-likeness (QED) is 0.391. The van der Waals surface area contributed by atoms with E-state index in [1.54, 1.807) is 3.07 Å². The van der Waals surface area contributed by atoms with Crippen LogP contribution in [0.15, 0.2) is 93.5 Å². The number of hydrogen-bond acceptors (Lipinski definition) is 0. The Morgan fingerprint density at radius 3 is 1.67 bits per heavy atom. The van der Waals surface area contributed by atoms with Crippen LogP contribution >= 0.6 is 0 Å². The van der Waals surface area contributed by atoms with Crippen LogP contribution in [0.1, 0.15) is 5.56 Å². The van der Waals surface area contributed by atoms with Gasteiger partial charge in [0.1, 0.15) is 0 Å². The third kappa shape index (κ3) is 3.41. The average molecular weight is 477 g/mol. The summed E-state index contributed by atoms with van der Waals surface area (Å²) >= 11 is 0.663. The molecule has 0 aliphatic rings. The Hall–Kier alpha value is -1.05. The van der Waals surface area contributed by atoms with E-state index in [0.717, 1.165) is 0 Å². The molecule has 0 amide bonds. The second kappa shape index (κ2) is 6.80. The van der Waals surface area contributed by atoms with Crippen LogP contribution in [-0.2, 0) is 37.0 Å². The normalized spacial score (nSPS) is 10.9. The molecule has 0 unspecified atom stereocenters. The Kier molecular flexibility index (Phi) is 4.82. The van der Waals surface area contributed by atoms with Crippen molar-refractivity contribution in [2.24, 2.45) is 0 Å². The molecule has 0 N–H and O–H groups in total. The van der Waals surface area contributed by atoms with Crippen molar-refractivity contribution in [1.29, 1.82) is 0 Å². The second-order valence-corrected chi connectivity index (χ2v) is 10.0. The Balaban J connectivity index is 2.14. The zero-order valence-corrected chi connectivity index (χ0v) is 18.4. The fraction of sp³-hybridized carbons (Fsp3) is 0.0526. The predicted octanol–water partition coefficient (Wildman–Crippen LogP) is 4.26. The maximum atomic E-state index is 2.42. The van der Waals surface area contributed by atoms with Crippen molar-refractivity contribution in [3.05, 3.63) is 84.4 Å². The van der Waals surface area contributed by atoms with Crippen molar-refractivity contribution >= 4 is 14.0 Å². The molecular formula is C19H16HgS+. The fourth-order valence-electron chi connectivity index (χ4n) is 2.30. The van der Waals surface area contributed by atoms with Gasteiger partial charge in [-0.3, -0.25) is 0 Å². The van der Waals surface area contributed by atoms with Gasteiger partial charge in [-0.25, -0.2) is 0 Å². The zero-order chi connectivity index (χ0) is 14.7. The number of hydrogen-bond donors (Lipinski definition) is 0. The summed E-state index contributed by atoms with van der Waals surface area (Å²) in [5, 5.41) is 0. The molecule has 0 bridgehead atoms. The van der Waals surface area contributed by atoms with E-state index < -0.39 is 0 Å². The molecule has 0 radical (unpaired) electrons. The van der Waals surface area contributed by atoms with Crippen LogP contribution in [0, 0.1) is 6.92 Å². The molecule has 0 heterocycles. The molecule has 0 atom stereocenters. The van der Waals surface area contributed by atoms with Gasteiger partial charge in [-0.1, -0.05) is 0 Å². The summed E-state index contributed by atoms with van der Waals surface area (Å²) < 4.78 is 1.55. The van der Waals surface area contributed by atoms with Crippen molar-refractivity contribution in [3.8, 4) is 0 Å². The molecule has 21 heavy (non-hydrogen) atoms. The van der Waals surface area contributed by atoms with E-state index in [9.17, 15) is 0 Å². The molecule has 0 spiro atoms. The first-order valence-electron chi connectivity index (χ1n) is 7.03. The van der Waals surface area contributed by atoms with E-state index in [1.807, 2.05) is 0 Å². The van der Waals surface area contributed by atoms with Gasteiger partial charge in [0, 0.05) is 0 Å².